The molecule has 0 aromatic heterocycles. The molecule has 16 heavy (non-hydrogen) atoms. The summed E-state index contributed by atoms with van der Waals surface area (Å²) in [4.78, 5) is 23.3. The lowest BCUT2D eigenvalue weighted by molar-refractivity contribution is -0.150. The van der Waals surface area contributed by atoms with Crippen LogP contribution in [-0.4, -0.2) is 38.2 Å². The first-order chi connectivity index (χ1) is 7.64. The van der Waals surface area contributed by atoms with Crippen LogP contribution < -0.4 is 5.32 Å². The number of rotatable bonds is 5. The van der Waals surface area contributed by atoms with Crippen LogP contribution in [-0.2, 0) is 19.1 Å². The Balaban J connectivity index is 2.57. The SMILES string of the molecule is COCCC(=O)NC1(C(=O)OC)CCCC1. The Bertz CT molecular complexity index is 259. The maximum absolute atomic E-state index is 11.7. The molecule has 92 valence electrons. The molecule has 0 spiro atoms. The Morgan fingerprint density at radius 1 is 1.25 bits per heavy atom. The molecule has 1 fully saturated rings. The zero-order chi connectivity index (χ0) is 12.0. The fourth-order valence-corrected chi connectivity index (χ4v) is 2.08. The van der Waals surface area contributed by atoms with Gasteiger partial charge < -0.3 is 14.8 Å². The predicted octanol–water partition coefficient (Wildman–Crippen LogP) is 0.625. The average molecular weight is 229 g/mol. The van der Waals surface area contributed by atoms with Gasteiger partial charge >= 0.3 is 5.97 Å². The molecule has 1 amide bonds. The van der Waals surface area contributed by atoms with Crippen molar-refractivity contribution in [3.05, 3.63) is 0 Å². The van der Waals surface area contributed by atoms with Gasteiger partial charge in [-0.1, -0.05) is 12.8 Å². The summed E-state index contributed by atoms with van der Waals surface area (Å²) in [7, 11) is 2.89. The molecule has 0 bridgehead atoms. The molecule has 0 radical (unpaired) electrons. The first kappa shape index (κ1) is 13.0. The minimum atomic E-state index is -0.792. The minimum absolute atomic E-state index is 0.158. The highest BCUT2D eigenvalue weighted by atomic mass is 16.5. The van der Waals surface area contributed by atoms with Gasteiger partial charge in [0.05, 0.1) is 13.7 Å². The third-order valence-electron chi connectivity index (χ3n) is 2.95. The van der Waals surface area contributed by atoms with Crippen LogP contribution >= 0.6 is 0 Å². The smallest absolute Gasteiger partial charge is 0.331 e. The largest absolute Gasteiger partial charge is 0.467 e. The van der Waals surface area contributed by atoms with E-state index in [2.05, 4.69) is 5.32 Å². The van der Waals surface area contributed by atoms with Gasteiger partial charge in [0.15, 0.2) is 0 Å². The Kier molecular flexibility index (Phi) is 4.73. The minimum Gasteiger partial charge on any atom is -0.467 e. The molecule has 1 N–H and O–H groups in total. The number of methoxy groups -OCH3 is 2. The molecule has 0 heterocycles. The molecule has 1 saturated carbocycles. The van der Waals surface area contributed by atoms with Crippen LogP contribution in [0.2, 0.25) is 0 Å². The Hall–Kier alpha value is -1.10. The van der Waals surface area contributed by atoms with Gasteiger partial charge in [0.25, 0.3) is 0 Å². The molecule has 0 aliphatic heterocycles. The van der Waals surface area contributed by atoms with E-state index >= 15 is 0 Å². The van der Waals surface area contributed by atoms with Crippen molar-refractivity contribution >= 4 is 11.9 Å². The molecule has 0 aromatic rings. The summed E-state index contributed by atoms with van der Waals surface area (Å²) >= 11 is 0. The summed E-state index contributed by atoms with van der Waals surface area (Å²) in [5.74, 6) is -0.495. The van der Waals surface area contributed by atoms with Crippen LogP contribution in [0.5, 0.6) is 0 Å². The number of hydrogen-bond donors (Lipinski definition) is 1. The van der Waals surface area contributed by atoms with Crippen molar-refractivity contribution in [2.24, 2.45) is 0 Å². The fourth-order valence-electron chi connectivity index (χ4n) is 2.08. The normalized spacial score (nSPS) is 18.1. The van der Waals surface area contributed by atoms with Crippen LogP contribution in [0.1, 0.15) is 32.1 Å². The first-order valence-corrected chi connectivity index (χ1v) is 5.53. The lowest BCUT2D eigenvalue weighted by Gasteiger charge is -2.27. The number of hydrogen-bond acceptors (Lipinski definition) is 4. The summed E-state index contributed by atoms with van der Waals surface area (Å²) in [6.07, 6.45) is 3.49. The number of esters is 1. The van der Waals surface area contributed by atoms with Crippen molar-refractivity contribution in [1.29, 1.82) is 0 Å². The van der Waals surface area contributed by atoms with Gasteiger partial charge in [-0.15, -0.1) is 0 Å². The quantitative estimate of drug-likeness (QED) is 0.702. The van der Waals surface area contributed by atoms with Crippen molar-refractivity contribution in [1.82, 2.24) is 5.32 Å². The molecule has 0 saturated heterocycles. The molecular weight excluding hydrogens is 210 g/mol. The number of nitrogens with one attached hydrogen (secondary N) is 1. The topological polar surface area (TPSA) is 64.6 Å². The molecule has 5 nitrogen and oxygen atoms in total. The van der Waals surface area contributed by atoms with Gasteiger partial charge in [0.2, 0.25) is 5.91 Å². The zero-order valence-electron chi connectivity index (χ0n) is 9.88. The first-order valence-electron chi connectivity index (χ1n) is 5.53. The molecule has 1 aliphatic carbocycles. The maximum atomic E-state index is 11.7. The van der Waals surface area contributed by atoms with Gasteiger partial charge in [-0.3, -0.25) is 4.79 Å². The molecule has 0 unspecified atom stereocenters. The number of carbonyl (C=O) groups excluding carboxylic acids is 2. The second kappa shape index (κ2) is 5.84. The van der Waals surface area contributed by atoms with Gasteiger partial charge in [-0.05, 0) is 12.8 Å². The average Bonchev–Trinajstić information content (AvgIpc) is 2.75. The van der Waals surface area contributed by atoms with Crippen molar-refractivity contribution in [3.63, 3.8) is 0 Å². The van der Waals surface area contributed by atoms with Gasteiger partial charge in [-0.25, -0.2) is 4.79 Å². The summed E-state index contributed by atoms with van der Waals surface area (Å²) < 4.78 is 9.58. The van der Waals surface area contributed by atoms with E-state index < -0.39 is 5.54 Å². The number of amides is 1. The summed E-state index contributed by atoms with van der Waals surface area (Å²) in [6, 6.07) is 0. The maximum Gasteiger partial charge on any atom is 0.331 e. The van der Waals surface area contributed by atoms with Crippen LogP contribution in [0, 0.1) is 0 Å². The van der Waals surface area contributed by atoms with Crippen molar-refractivity contribution < 1.29 is 19.1 Å². The van der Waals surface area contributed by atoms with E-state index in [0.29, 0.717) is 19.4 Å². The van der Waals surface area contributed by atoms with Crippen LogP contribution in [0.15, 0.2) is 0 Å². The van der Waals surface area contributed by atoms with E-state index in [1.807, 2.05) is 0 Å². The van der Waals surface area contributed by atoms with Crippen molar-refractivity contribution in [3.8, 4) is 0 Å². The molecular formula is C11H19NO4. The highest BCUT2D eigenvalue weighted by molar-refractivity contribution is 5.88. The Morgan fingerprint density at radius 2 is 1.88 bits per heavy atom. The van der Waals surface area contributed by atoms with E-state index in [4.69, 9.17) is 9.47 Å². The standard InChI is InChI=1S/C11H19NO4/c1-15-8-5-9(13)12-11(10(14)16-2)6-3-4-7-11/h3-8H2,1-2H3,(H,12,13). The molecule has 1 rings (SSSR count). The Morgan fingerprint density at radius 3 is 2.38 bits per heavy atom. The third kappa shape index (κ3) is 2.95. The van der Waals surface area contributed by atoms with Crippen LogP contribution in [0.25, 0.3) is 0 Å². The van der Waals surface area contributed by atoms with E-state index in [1.165, 1.54) is 7.11 Å². The lowest BCUT2D eigenvalue weighted by atomic mass is 9.97. The number of carbonyl (C=O) groups is 2. The summed E-state index contributed by atoms with van der Waals surface area (Å²) in [6.45, 7) is 0.364. The zero-order valence-corrected chi connectivity index (χ0v) is 9.88. The number of ether oxygens (including phenoxy) is 2. The highest BCUT2D eigenvalue weighted by Gasteiger charge is 2.43. The second-order valence-corrected chi connectivity index (χ2v) is 4.07. The van der Waals surface area contributed by atoms with E-state index in [1.54, 1.807) is 7.11 Å². The van der Waals surface area contributed by atoms with E-state index in [-0.39, 0.29) is 18.3 Å². The Labute approximate surface area is 95.5 Å². The van der Waals surface area contributed by atoms with E-state index in [0.717, 1.165) is 12.8 Å². The fraction of sp³-hybridized carbons (Fsp3) is 0.818. The predicted molar refractivity (Wildman–Crippen MR) is 57.9 cm³/mol. The van der Waals surface area contributed by atoms with Crippen LogP contribution in [0.4, 0.5) is 0 Å². The van der Waals surface area contributed by atoms with Crippen molar-refractivity contribution in [2.45, 2.75) is 37.6 Å². The summed E-state index contributed by atoms with van der Waals surface area (Å²) in [5, 5.41) is 2.78. The molecule has 0 aromatic carbocycles. The van der Waals surface area contributed by atoms with Crippen molar-refractivity contribution in [2.75, 3.05) is 20.8 Å². The second-order valence-electron chi connectivity index (χ2n) is 4.07. The van der Waals surface area contributed by atoms with E-state index in [9.17, 15) is 9.59 Å². The van der Waals surface area contributed by atoms with Crippen LogP contribution in [0.3, 0.4) is 0 Å². The van der Waals surface area contributed by atoms with Gasteiger partial charge in [-0.2, -0.15) is 0 Å². The third-order valence-corrected chi connectivity index (χ3v) is 2.95. The molecule has 1 aliphatic rings. The van der Waals surface area contributed by atoms with Gasteiger partial charge in [0.1, 0.15) is 5.54 Å². The molecule has 5 heteroatoms. The molecule has 0 atom stereocenters. The van der Waals surface area contributed by atoms with Gasteiger partial charge in [0, 0.05) is 13.5 Å². The lowest BCUT2D eigenvalue weighted by Crippen LogP contribution is -2.53. The highest BCUT2D eigenvalue weighted by Crippen LogP contribution is 2.30. The monoisotopic (exact) mass is 229 g/mol. The summed E-state index contributed by atoms with van der Waals surface area (Å²) in [5.41, 5.74) is -0.792.